The van der Waals surface area contributed by atoms with E-state index in [1.165, 1.54) is 0 Å². The Kier molecular flexibility index (Phi) is 9.28. The molecule has 142 valence electrons. The topological polar surface area (TPSA) is 73.9 Å². The number of alkyl halides is 1. The minimum atomic E-state index is -0.582. The van der Waals surface area contributed by atoms with Crippen LogP contribution in [0.2, 0.25) is 0 Å². The molecule has 0 saturated heterocycles. The average Bonchev–Trinajstić information content (AvgIpc) is 2.32. The lowest BCUT2D eigenvalue weighted by atomic mass is 9.87. The van der Waals surface area contributed by atoms with E-state index in [1.54, 1.807) is 20.8 Å². The van der Waals surface area contributed by atoms with E-state index in [4.69, 9.17) is 14.2 Å². The number of nitrogens with one attached hydrogen (secondary N) is 1. The van der Waals surface area contributed by atoms with E-state index >= 15 is 0 Å². The van der Waals surface area contributed by atoms with Crippen LogP contribution < -0.4 is 5.32 Å². The second-order valence-corrected chi connectivity index (χ2v) is 8.96. The minimum Gasteiger partial charge on any atom is -0.460 e. The molecule has 0 aliphatic carbocycles. The highest BCUT2D eigenvalue weighted by Crippen LogP contribution is 2.24. The lowest BCUT2D eigenvalue weighted by Crippen LogP contribution is -2.43. The standard InChI is InChI=1S/C17H32BrNO5/c1-15(2,3)23-13(20)10-17(7,12-22-9-8-18)11-19-14(21)24-16(4,5)6/h8-12H2,1-7H3,(H,19,21). The molecule has 0 rings (SSSR count). The Morgan fingerprint density at radius 3 is 1.96 bits per heavy atom. The van der Waals surface area contributed by atoms with E-state index < -0.39 is 22.7 Å². The molecule has 0 aromatic carbocycles. The summed E-state index contributed by atoms with van der Waals surface area (Å²) in [5.41, 5.74) is -1.70. The molecule has 7 heteroatoms. The number of halogens is 1. The second kappa shape index (κ2) is 9.61. The third-order valence-electron chi connectivity index (χ3n) is 2.72. The van der Waals surface area contributed by atoms with Crippen LogP contribution in [-0.2, 0) is 19.0 Å². The van der Waals surface area contributed by atoms with E-state index in [1.807, 2.05) is 27.7 Å². The zero-order chi connectivity index (χ0) is 19.0. The predicted molar refractivity (Wildman–Crippen MR) is 97.4 cm³/mol. The second-order valence-electron chi connectivity index (χ2n) is 8.17. The molecular formula is C17H32BrNO5. The van der Waals surface area contributed by atoms with Crippen molar-refractivity contribution in [1.29, 1.82) is 0 Å². The SMILES string of the molecule is CC(CNC(=O)OC(C)(C)C)(COCCBr)CC(=O)OC(C)(C)C. The van der Waals surface area contributed by atoms with Gasteiger partial charge >= 0.3 is 12.1 Å². The predicted octanol–water partition coefficient (Wildman–Crippen LogP) is 3.66. The zero-order valence-corrected chi connectivity index (χ0v) is 17.5. The number of amides is 1. The fourth-order valence-corrected chi connectivity index (χ4v) is 2.09. The molecule has 24 heavy (non-hydrogen) atoms. The first-order chi connectivity index (χ1) is 10.8. The molecule has 0 aromatic heterocycles. The third kappa shape index (κ3) is 12.6. The molecule has 1 N–H and O–H groups in total. The van der Waals surface area contributed by atoms with E-state index in [9.17, 15) is 9.59 Å². The first-order valence-corrected chi connectivity index (χ1v) is 9.21. The molecule has 1 unspecified atom stereocenters. The largest absolute Gasteiger partial charge is 0.460 e. The van der Waals surface area contributed by atoms with Crippen molar-refractivity contribution < 1.29 is 23.8 Å². The van der Waals surface area contributed by atoms with Crippen LogP contribution in [0.1, 0.15) is 54.9 Å². The zero-order valence-electron chi connectivity index (χ0n) is 16.0. The number of hydrogen-bond donors (Lipinski definition) is 1. The van der Waals surface area contributed by atoms with Crippen LogP contribution in [0.3, 0.4) is 0 Å². The Morgan fingerprint density at radius 1 is 0.958 bits per heavy atom. The third-order valence-corrected chi connectivity index (χ3v) is 3.05. The van der Waals surface area contributed by atoms with Crippen molar-refractivity contribution in [3.05, 3.63) is 0 Å². The van der Waals surface area contributed by atoms with Crippen LogP contribution in [0.5, 0.6) is 0 Å². The van der Waals surface area contributed by atoms with Crippen molar-refractivity contribution in [3.63, 3.8) is 0 Å². The molecule has 0 aliphatic heterocycles. The summed E-state index contributed by atoms with van der Waals surface area (Å²) in [6.45, 7) is 13.8. The fourth-order valence-electron chi connectivity index (χ4n) is 1.86. The molecule has 0 fully saturated rings. The monoisotopic (exact) mass is 409 g/mol. The normalized spacial score (nSPS) is 14.7. The van der Waals surface area contributed by atoms with Gasteiger partial charge < -0.3 is 19.5 Å². The van der Waals surface area contributed by atoms with Crippen molar-refractivity contribution in [2.24, 2.45) is 5.41 Å². The molecule has 0 aromatic rings. The summed E-state index contributed by atoms with van der Waals surface area (Å²) >= 11 is 3.30. The maximum absolute atomic E-state index is 12.1. The highest BCUT2D eigenvalue weighted by atomic mass is 79.9. The van der Waals surface area contributed by atoms with E-state index in [2.05, 4.69) is 21.2 Å². The Hall–Kier alpha value is -0.820. The molecule has 0 aliphatic rings. The summed E-state index contributed by atoms with van der Waals surface area (Å²) in [5.74, 6) is -0.321. The quantitative estimate of drug-likeness (QED) is 0.376. The number of alkyl carbamates (subject to hydrolysis) is 1. The minimum absolute atomic E-state index is 0.141. The molecule has 0 spiro atoms. The van der Waals surface area contributed by atoms with Crippen molar-refractivity contribution in [2.45, 2.75) is 66.1 Å². The highest BCUT2D eigenvalue weighted by Gasteiger charge is 2.32. The Bertz CT molecular complexity index is 414. The molecule has 0 radical (unpaired) electrons. The van der Waals surface area contributed by atoms with Crippen LogP contribution in [0, 0.1) is 5.41 Å². The molecule has 0 bridgehead atoms. The van der Waals surface area contributed by atoms with Gasteiger partial charge in [0.1, 0.15) is 11.2 Å². The van der Waals surface area contributed by atoms with Crippen LogP contribution in [0.15, 0.2) is 0 Å². The van der Waals surface area contributed by atoms with E-state index in [0.29, 0.717) is 18.5 Å². The van der Waals surface area contributed by atoms with E-state index in [-0.39, 0.29) is 18.9 Å². The van der Waals surface area contributed by atoms with Crippen LogP contribution in [0.25, 0.3) is 0 Å². The first kappa shape index (κ1) is 23.2. The van der Waals surface area contributed by atoms with Crippen molar-refractivity contribution >= 4 is 28.0 Å². The van der Waals surface area contributed by atoms with Gasteiger partial charge in [0.2, 0.25) is 0 Å². The molecule has 0 saturated carbocycles. The molecule has 6 nitrogen and oxygen atoms in total. The number of carbonyl (C=O) groups excluding carboxylic acids is 2. The Balaban J connectivity index is 4.75. The molecular weight excluding hydrogens is 378 g/mol. The lowest BCUT2D eigenvalue weighted by molar-refractivity contribution is -0.158. The van der Waals surface area contributed by atoms with Gasteiger partial charge in [-0.2, -0.15) is 0 Å². The van der Waals surface area contributed by atoms with Crippen molar-refractivity contribution in [1.82, 2.24) is 5.32 Å². The highest BCUT2D eigenvalue weighted by molar-refractivity contribution is 9.09. The lowest BCUT2D eigenvalue weighted by Gasteiger charge is -2.31. The number of ether oxygens (including phenoxy) is 3. The van der Waals surface area contributed by atoms with E-state index in [0.717, 1.165) is 0 Å². The van der Waals surface area contributed by atoms with Gasteiger partial charge in [0, 0.05) is 17.3 Å². The summed E-state index contributed by atoms with van der Waals surface area (Å²) in [6.07, 6.45) is -0.374. The van der Waals surface area contributed by atoms with Gasteiger partial charge in [0.25, 0.3) is 0 Å². The summed E-state index contributed by atoms with van der Waals surface area (Å²) < 4.78 is 16.2. The van der Waals surface area contributed by atoms with Crippen molar-refractivity contribution in [2.75, 3.05) is 25.1 Å². The smallest absolute Gasteiger partial charge is 0.407 e. The summed E-state index contributed by atoms with van der Waals surface area (Å²) in [7, 11) is 0. The van der Waals surface area contributed by atoms with Crippen LogP contribution in [0.4, 0.5) is 4.79 Å². The number of hydrogen-bond acceptors (Lipinski definition) is 5. The van der Waals surface area contributed by atoms with Gasteiger partial charge in [-0.25, -0.2) is 4.79 Å². The van der Waals surface area contributed by atoms with Gasteiger partial charge in [-0.3, -0.25) is 4.79 Å². The Morgan fingerprint density at radius 2 is 1.50 bits per heavy atom. The summed E-state index contributed by atoms with van der Waals surface area (Å²) in [6, 6.07) is 0. The molecule has 1 amide bonds. The molecule has 1 atom stereocenters. The average molecular weight is 410 g/mol. The maximum Gasteiger partial charge on any atom is 0.407 e. The molecule has 0 heterocycles. The van der Waals surface area contributed by atoms with Gasteiger partial charge in [-0.15, -0.1) is 0 Å². The first-order valence-electron chi connectivity index (χ1n) is 8.09. The number of carbonyl (C=O) groups is 2. The maximum atomic E-state index is 12.1. The van der Waals surface area contributed by atoms with Gasteiger partial charge in [-0.1, -0.05) is 22.9 Å². The summed E-state index contributed by atoms with van der Waals surface area (Å²) in [4.78, 5) is 24.0. The Labute approximate surface area is 154 Å². The van der Waals surface area contributed by atoms with Crippen molar-refractivity contribution in [3.8, 4) is 0 Å². The summed E-state index contributed by atoms with van der Waals surface area (Å²) in [5, 5.41) is 3.42. The van der Waals surface area contributed by atoms with Crippen LogP contribution >= 0.6 is 15.9 Å². The van der Waals surface area contributed by atoms with Gasteiger partial charge in [0.15, 0.2) is 0 Å². The fraction of sp³-hybridized carbons (Fsp3) is 0.882. The van der Waals surface area contributed by atoms with Crippen LogP contribution in [-0.4, -0.2) is 48.4 Å². The number of rotatable bonds is 8. The number of esters is 1. The van der Waals surface area contributed by atoms with Gasteiger partial charge in [0.05, 0.1) is 19.6 Å². The van der Waals surface area contributed by atoms with Gasteiger partial charge in [-0.05, 0) is 41.5 Å².